The highest BCUT2D eigenvalue weighted by Gasteiger charge is 2.14. The second-order valence-electron chi connectivity index (χ2n) is 3.77. The highest BCUT2D eigenvalue weighted by Crippen LogP contribution is 2.18. The number of nitrogens with two attached hydrogens (primary N) is 1. The number of nitrogens with one attached hydrogen (secondary N) is 1. The van der Waals surface area contributed by atoms with Gasteiger partial charge in [0.25, 0.3) is 0 Å². The van der Waals surface area contributed by atoms with Crippen molar-refractivity contribution in [2.24, 2.45) is 5.14 Å². The van der Waals surface area contributed by atoms with Crippen LogP contribution in [0.3, 0.4) is 0 Å². The molecular weight excluding hydrogens is 263 g/mol. The van der Waals surface area contributed by atoms with Crippen molar-refractivity contribution in [3.63, 3.8) is 0 Å². The van der Waals surface area contributed by atoms with Crippen LogP contribution in [-0.2, 0) is 14.8 Å². The van der Waals surface area contributed by atoms with Gasteiger partial charge in [-0.1, -0.05) is 0 Å². The van der Waals surface area contributed by atoms with E-state index in [1.165, 1.54) is 0 Å². The highest BCUT2D eigenvalue weighted by molar-refractivity contribution is 7.89. The summed E-state index contributed by atoms with van der Waals surface area (Å²) in [4.78, 5) is 10.8. The number of carbonyl (C=O) groups excluding carboxylic acids is 1. The van der Waals surface area contributed by atoms with Crippen molar-refractivity contribution >= 4 is 21.8 Å². The average Bonchev–Trinajstić information content (AvgIpc) is 2.18. The number of halogens is 1. The molecule has 0 saturated carbocycles. The maximum absolute atomic E-state index is 13.5. The van der Waals surface area contributed by atoms with E-state index in [4.69, 9.17) is 9.88 Å². The van der Waals surface area contributed by atoms with E-state index in [2.05, 4.69) is 5.32 Å². The number of carbonyl (C=O) groups is 1. The zero-order valence-corrected chi connectivity index (χ0v) is 10.6. The summed E-state index contributed by atoms with van der Waals surface area (Å²) in [6.45, 7) is 3.28. The Hall–Kier alpha value is -1.67. The molecule has 18 heavy (non-hydrogen) atoms. The van der Waals surface area contributed by atoms with Crippen LogP contribution in [0.25, 0.3) is 0 Å². The molecule has 0 saturated heterocycles. The summed E-state index contributed by atoms with van der Waals surface area (Å²) in [7, 11) is -3.97. The predicted molar refractivity (Wildman–Crippen MR) is 63.0 cm³/mol. The molecule has 0 atom stereocenters. The lowest BCUT2D eigenvalue weighted by atomic mass is 10.3. The van der Waals surface area contributed by atoms with Crippen LogP contribution < -0.4 is 10.5 Å². The zero-order chi connectivity index (χ0) is 13.9. The van der Waals surface area contributed by atoms with Gasteiger partial charge in [-0.05, 0) is 32.0 Å². The molecule has 0 radical (unpaired) electrons. The Bertz CT molecular complexity index is 557. The normalized spacial score (nSPS) is 11.4. The number of anilines is 1. The van der Waals surface area contributed by atoms with Gasteiger partial charge in [-0.15, -0.1) is 0 Å². The fourth-order valence-electron chi connectivity index (χ4n) is 1.13. The van der Waals surface area contributed by atoms with Crippen LogP contribution in [0, 0.1) is 5.82 Å². The molecule has 3 N–H and O–H groups in total. The number of sulfonamides is 1. The first-order chi connectivity index (χ1) is 8.20. The van der Waals surface area contributed by atoms with Crippen molar-refractivity contribution in [1.29, 1.82) is 0 Å². The van der Waals surface area contributed by atoms with Crippen LogP contribution in [0.1, 0.15) is 13.8 Å². The third kappa shape index (κ3) is 3.97. The van der Waals surface area contributed by atoms with Gasteiger partial charge < -0.3 is 4.74 Å². The van der Waals surface area contributed by atoms with Crippen molar-refractivity contribution in [3.05, 3.63) is 24.0 Å². The first-order valence-electron chi connectivity index (χ1n) is 5.00. The second-order valence-corrected chi connectivity index (χ2v) is 5.33. The van der Waals surface area contributed by atoms with Crippen LogP contribution in [0.2, 0.25) is 0 Å². The largest absolute Gasteiger partial charge is 0.447 e. The lowest BCUT2D eigenvalue weighted by Gasteiger charge is -2.10. The number of rotatable bonds is 3. The number of amides is 1. The molecule has 0 aliphatic carbocycles. The summed E-state index contributed by atoms with van der Waals surface area (Å²) in [5.41, 5.74) is -0.187. The molecule has 1 aromatic rings. The van der Waals surface area contributed by atoms with E-state index in [-0.39, 0.29) is 16.7 Å². The highest BCUT2D eigenvalue weighted by atomic mass is 32.2. The molecule has 1 rings (SSSR count). The minimum Gasteiger partial charge on any atom is -0.447 e. The van der Waals surface area contributed by atoms with Gasteiger partial charge in [-0.25, -0.2) is 22.7 Å². The summed E-state index contributed by atoms with van der Waals surface area (Å²) >= 11 is 0. The SMILES string of the molecule is CC(C)OC(=O)Nc1ccc(S(N)(=O)=O)cc1F. The molecule has 0 fully saturated rings. The summed E-state index contributed by atoms with van der Waals surface area (Å²) < 4.78 is 40.2. The molecule has 100 valence electrons. The Balaban J connectivity index is 2.90. The van der Waals surface area contributed by atoms with Gasteiger partial charge >= 0.3 is 6.09 Å². The average molecular weight is 276 g/mol. The monoisotopic (exact) mass is 276 g/mol. The van der Waals surface area contributed by atoms with Gasteiger partial charge in [0, 0.05) is 0 Å². The van der Waals surface area contributed by atoms with Gasteiger partial charge in [0.05, 0.1) is 16.7 Å². The molecule has 0 aliphatic rings. The summed E-state index contributed by atoms with van der Waals surface area (Å²) in [5, 5.41) is 6.98. The van der Waals surface area contributed by atoms with Crippen LogP contribution in [-0.4, -0.2) is 20.6 Å². The molecule has 0 bridgehead atoms. The zero-order valence-electron chi connectivity index (χ0n) is 9.81. The predicted octanol–water partition coefficient (Wildman–Crippen LogP) is 1.43. The summed E-state index contributed by atoms with van der Waals surface area (Å²) in [6.07, 6.45) is -1.18. The molecule has 1 aromatic carbocycles. The van der Waals surface area contributed by atoms with Crippen LogP contribution >= 0.6 is 0 Å². The van der Waals surface area contributed by atoms with E-state index in [1.54, 1.807) is 13.8 Å². The van der Waals surface area contributed by atoms with E-state index >= 15 is 0 Å². The van der Waals surface area contributed by atoms with Crippen LogP contribution in [0.5, 0.6) is 0 Å². The second kappa shape index (κ2) is 5.32. The number of hydrogen-bond donors (Lipinski definition) is 2. The Morgan fingerprint density at radius 3 is 2.50 bits per heavy atom. The molecule has 6 nitrogen and oxygen atoms in total. The molecule has 0 aromatic heterocycles. The van der Waals surface area contributed by atoms with E-state index < -0.39 is 21.9 Å². The fourth-order valence-corrected chi connectivity index (χ4v) is 1.65. The number of benzene rings is 1. The molecule has 0 spiro atoms. The Morgan fingerprint density at radius 2 is 2.06 bits per heavy atom. The smallest absolute Gasteiger partial charge is 0.411 e. The Kier molecular flexibility index (Phi) is 4.25. The van der Waals surface area contributed by atoms with Crippen molar-refractivity contribution in [2.75, 3.05) is 5.32 Å². The third-order valence-corrected chi connectivity index (χ3v) is 2.76. The molecule has 1 amide bonds. The van der Waals surface area contributed by atoms with Gasteiger partial charge in [-0.2, -0.15) is 0 Å². The lowest BCUT2D eigenvalue weighted by molar-refractivity contribution is 0.130. The van der Waals surface area contributed by atoms with Gasteiger partial charge in [0.2, 0.25) is 10.0 Å². The number of ether oxygens (including phenoxy) is 1. The molecule has 0 heterocycles. The maximum atomic E-state index is 13.5. The van der Waals surface area contributed by atoms with Crippen LogP contribution in [0.4, 0.5) is 14.9 Å². The van der Waals surface area contributed by atoms with Crippen molar-refractivity contribution < 1.29 is 22.3 Å². The van der Waals surface area contributed by atoms with E-state index in [1.807, 2.05) is 0 Å². The minimum absolute atomic E-state index is 0.187. The third-order valence-electron chi connectivity index (χ3n) is 1.85. The van der Waals surface area contributed by atoms with Crippen molar-refractivity contribution in [3.8, 4) is 0 Å². The first kappa shape index (κ1) is 14.4. The Labute approximate surface area is 104 Å². The van der Waals surface area contributed by atoms with E-state index in [0.29, 0.717) is 0 Å². The molecule has 0 aliphatic heterocycles. The molecule has 8 heteroatoms. The minimum atomic E-state index is -3.97. The van der Waals surface area contributed by atoms with E-state index in [9.17, 15) is 17.6 Å². The standard InChI is InChI=1S/C10H13FN2O4S/c1-6(2)17-10(14)13-9-4-3-7(5-8(9)11)18(12,15)16/h3-6H,1-2H3,(H,13,14)(H2,12,15,16). The van der Waals surface area contributed by atoms with Crippen molar-refractivity contribution in [2.45, 2.75) is 24.8 Å². The van der Waals surface area contributed by atoms with Crippen molar-refractivity contribution in [1.82, 2.24) is 0 Å². The molecule has 0 unspecified atom stereocenters. The summed E-state index contributed by atoms with van der Waals surface area (Å²) in [5.74, 6) is -0.915. The maximum Gasteiger partial charge on any atom is 0.411 e. The topological polar surface area (TPSA) is 98.5 Å². The van der Waals surface area contributed by atoms with Gasteiger partial charge in [-0.3, -0.25) is 5.32 Å². The summed E-state index contributed by atoms with van der Waals surface area (Å²) in [6, 6.07) is 2.90. The lowest BCUT2D eigenvalue weighted by Crippen LogP contribution is -2.19. The Morgan fingerprint density at radius 1 is 1.44 bits per heavy atom. The van der Waals surface area contributed by atoms with E-state index in [0.717, 1.165) is 18.2 Å². The fraction of sp³-hybridized carbons (Fsp3) is 0.300. The molecular formula is C10H13FN2O4S. The quantitative estimate of drug-likeness (QED) is 0.872. The van der Waals surface area contributed by atoms with Gasteiger partial charge in [0.15, 0.2) is 0 Å². The van der Waals surface area contributed by atoms with Gasteiger partial charge in [0.1, 0.15) is 5.82 Å². The van der Waals surface area contributed by atoms with Crippen LogP contribution in [0.15, 0.2) is 23.1 Å². The number of primary sulfonamides is 1. The first-order valence-corrected chi connectivity index (χ1v) is 6.55. The number of hydrogen-bond acceptors (Lipinski definition) is 4.